The molecule has 1 N–H and O–H groups in total. The van der Waals surface area contributed by atoms with Crippen LogP contribution < -0.4 is 5.32 Å². The predicted octanol–water partition coefficient (Wildman–Crippen LogP) is 3.97. The summed E-state index contributed by atoms with van der Waals surface area (Å²) in [6.07, 6.45) is 6.72. The third kappa shape index (κ3) is 5.18. The van der Waals surface area contributed by atoms with Crippen molar-refractivity contribution in [2.45, 2.75) is 46.5 Å². The van der Waals surface area contributed by atoms with E-state index in [1.165, 1.54) is 25.7 Å². The molecule has 98 valence electrons. The van der Waals surface area contributed by atoms with Crippen molar-refractivity contribution in [2.75, 3.05) is 11.9 Å². The molecule has 1 rings (SSSR count). The van der Waals surface area contributed by atoms with Gasteiger partial charge in [0.1, 0.15) is 5.82 Å². The van der Waals surface area contributed by atoms with Crippen molar-refractivity contribution in [3.8, 4) is 6.07 Å². The third-order valence-electron chi connectivity index (χ3n) is 3.09. The molecule has 0 fully saturated rings. The molecule has 3 heteroatoms. The Labute approximate surface area is 110 Å². The van der Waals surface area contributed by atoms with Crippen LogP contribution in [0.2, 0.25) is 0 Å². The second kappa shape index (κ2) is 7.00. The van der Waals surface area contributed by atoms with Gasteiger partial charge >= 0.3 is 0 Å². The van der Waals surface area contributed by atoms with E-state index in [1.54, 1.807) is 18.3 Å². The zero-order valence-corrected chi connectivity index (χ0v) is 11.7. The van der Waals surface area contributed by atoms with Crippen LogP contribution in [0.1, 0.15) is 52.0 Å². The van der Waals surface area contributed by atoms with Crippen LogP contribution in [0.4, 0.5) is 5.82 Å². The highest BCUT2D eigenvalue weighted by Gasteiger charge is 2.17. The van der Waals surface area contributed by atoms with Crippen LogP contribution >= 0.6 is 0 Å². The molecule has 0 aliphatic heterocycles. The van der Waals surface area contributed by atoms with Crippen LogP contribution in [0, 0.1) is 16.7 Å². The van der Waals surface area contributed by atoms with Gasteiger partial charge in [-0.05, 0) is 24.0 Å². The SMILES string of the molecule is CCCCCC(C)(C)CNc1cc(C#N)ccn1. The Morgan fingerprint density at radius 3 is 2.83 bits per heavy atom. The van der Waals surface area contributed by atoms with Crippen molar-refractivity contribution >= 4 is 5.82 Å². The Balaban J connectivity index is 2.45. The topological polar surface area (TPSA) is 48.7 Å². The van der Waals surface area contributed by atoms with E-state index in [-0.39, 0.29) is 5.41 Å². The summed E-state index contributed by atoms with van der Waals surface area (Å²) in [5.41, 5.74) is 0.913. The van der Waals surface area contributed by atoms with Gasteiger partial charge in [0.15, 0.2) is 0 Å². The molecule has 1 aromatic heterocycles. The van der Waals surface area contributed by atoms with Gasteiger partial charge in [0, 0.05) is 12.7 Å². The molecule has 3 nitrogen and oxygen atoms in total. The second-order valence-corrected chi connectivity index (χ2v) is 5.52. The first-order valence-corrected chi connectivity index (χ1v) is 6.67. The maximum absolute atomic E-state index is 8.83. The summed E-state index contributed by atoms with van der Waals surface area (Å²) < 4.78 is 0. The molecule has 0 aliphatic rings. The Bertz CT molecular complexity index is 404. The Kier molecular flexibility index (Phi) is 5.64. The molecule has 0 amide bonds. The third-order valence-corrected chi connectivity index (χ3v) is 3.09. The lowest BCUT2D eigenvalue weighted by Gasteiger charge is -2.25. The number of nitriles is 1. The fourth-order valence-corrected chi connectivity index (χ4v) is 1.87. The largest absolute Gasteiger partial charge is 0.370 e. The van der Waals surface area contributed by atoms with E-state index in [0.29, 0.717) is 5.56 Å². The zero-order chi connectivity index (χ0) is 13.4. The number of nitrogens with one attached hydrogen (secondary N) is 1. The number of aromatic nitrogens is 1. The minimum atomic E-state index is 0.263. The van der Waals surface area contributed by atoms with Gasteiger partial charge in [-0.15, -0.1) is 0 Å². The lowest BCUT2D eigenvalue weighted by molar-refractivity contribution is 0.342. The van der Waals surface area contributed by atoms with Crippen molar-refractivity contribution < 1.29 is 0 Å². The van der Waals surface area contributed by atoms with E-state index >= 15 is 0 Å². The zero-order valence-electron chi connectivity index (χ0n) is 11.7. The Morgan fingerprint density at radius 2 is 2.17 bits per heavy atom. The number of nitrogens with zero attached hydrogens (tertiary/aromatic N) is 2. The molecule has 0 aromatic carbocycles. The first-order chi connectivity index (χ1) is 8.57. The minimum absolute atomic E-state index is 0.263. The number of rotatable bonds is 7. The quantitative estimate of drug-likeness (QED) is 0.739. The van der Waals surface area contributed by atoms with Gasteiger partial charge in [-0.3, -0.25) is 0 Å². The molecular weight excluding hydrogens is 222 g/mol. The smallest absolute Gasteiger partial charge is 0.127 e. The monoisotopic (exact) mass is 245 g/mol. The molecule has 0 spiro atoms. The molecule has 0 radical (unpaired) electrons. The van der Waals surface area contributed by atoms with Crippen LogP contribution in [0.5, 0.6) is 0 Å². The molecule has 0 aliphatic carbocycles. The van der Waals surface area contributed by atoms with E-state index in [9.17, 15) is 0 Å². The van der Waals surface area contributed by atoms with E-state index in [1.807, 2.05) is 0 Å². The molecule has 0 atom stereocenters. The van der Waals surface area contributed by atoms with Crippen LogP contribution in [0.15, 0.2) is 18.3 Å². The molecule has 1 aromatic rings. The van der Waals surface area contributed by atoms with Crippen molar-refractivity contribution in [1.82, 2.24) is 4.98 Å². The molecule has 1 heterocycles. The molecule has 0 saturated carbocycles. The Morgan fingerprint density at radius 1 is 1.39 bits per heavy atom. The van der Waals surface area contributed by atoms with Crippen LogP contribution in [0.25, 0.3) is 0 Å². The van der Waals surface area contributed by atoms with Crippen LogP contribution in [0.3, 0.4) is 0 Å². The predicted molar refractivity (Wildman–Crippen MR) is 75.4 cm³/mol. The van der Waals surface area contributed by atoms with Gasteiger partial charge in [-0.1, -0.05) is 40.0 Å². The summed E-state index contributed by atoms with van der Waals surface area (Å²) in [4.78, 5) is 4.22. The van der Waals surface area contributed by atoms with Gasteiger partial charge in [-0.2, -0.15) is 5.26 Å². The van der Waals surface area contributed by atoms with Crippen molar-refractivity contribution in [1.29, 1.82) is 5.26 Å². The maximum Gasteiger partial charge on any atom is 0.127 e. The number of pyridine rings is 1. The van der Waals surface area contributed by atoms with Gasteiger partial charge < -0.3 is 5.32 Å². The van der Waals surface area contributed by atoms with Gasteiger partial charge in [0.2, 0.25) is 0 Å². The van der Waals surface area contributed by atoms with Crippen molar-refractivity contribution in [3.63, 3.8) is 0 Å². The molecule has 0 saturated heterocycles. The maximum atomic E-state index is 8.83. The first-order valence-electron chi connectivity index (χ1n) is 6.67. The summed E-state index contributed by atoms with van der Waals surface area (Å²) >= 11 is 0. The van der Waals surface area contributed by atoms with E-state index in [2.05, 4.69) is 37.1 Å². The number of hydrogen-bond donors (Lipinski definition) is 1. The summed E-state index contributed by atoms with van der Waals surface area (Å²) in [6, 6.07) is 5.64. The van der Waals surface area contributed by atoms with E-state index < -0.39 is 0 Å². The van der Waals surface area contributed by atoms with E-state index in [4.69, 9.17) is 5.26 Å². The first kappa shape index (κ1) is 14.5. The highest BCUT2D eigenvalue weighted by Crippen LogP contribution is 2.24. The molecule has 18 heavy (non-hydrogen) atoms. The number of hydrogen-bond acceptors (Lipinski definition) is 3. The standard InChI is InChI=1S/C15H23N3/c1-4-5-6-8-15(2,3)12-18-14-10-13(11-16)7-9-17-14/h7,9-10H,4-6,8,12H2,1-3H3,(H,17,18). The van der Waals surface area contributed by atoms with Gasteiger partial charge in [0.25, 0.3) is 0 Å². The van der Waals surface area contributed by atoms with Crippen molar-refractivity contribution in [2.24, 2.45) is 5.41 Å². The second-order valence-electron chi connectivity index (χ2n) is 5.52. The van der Waals surface area contributed by atoms with Gasteiger partial charge in [-0.25, -0.2) is 4.98 Å². The summed E-state index contributed by atoms with van der Waals surface area (Å²) in [5.74, 6) is 0.789. The lowest BCUT2D eigenvalue weighted by Crippen LogP contribution is -2.23. The summed E-state index contributed by atoms with van der Waals surface area (Å²) in [7, 11) is 0. The minimum Gasteiger partial charge on any atom is -0.370 e. The highest BCUT2D eigenvalue weighted by atomic mass is 15.0. The van der Waals surface area contributed by atoms with Crippen LogP contribution in [-0.4, -0.2) is 11.5 Å². The van der Waals surface area contributed by atoms with Gasteiger partial charge in [0.05, 0.1) is 11.6 Å². The summed E-state index contributed by atoms with van der Waals surface area (Å²) in [5, 5.41) is 12.2. The fraction of sp³-hybridized carbons (Fsp3) is 0.600. The lowest BCUT2D eigenvalue weighted by atomic mass is 9.87. The highest BCUT2D eigenvalue weighted by molar-refractivity contribution is 5.42. The fourth-order valence-electron chi connectivity index (χ4n) is 1.87. The molecular formula is C15H23N3. The average Bonchev–Trinajstić information content (AvgIpc) is 2.37. The number of unbranched alkanes of at least 4 members (excludes halogenated alkanes) is 2. The number of anilines is 1. The van der Waals surface area contributed by atoms with Crippen molar-refractivity contribution in [3.05, 3.63) is 23.9 Å². The normalized spacial score (nSPS) is 11.0. The Hall–Kier alpha value is -1.56. The average molecular weight is 245 g/mol. The van der Waals surface area contributed by atoms with E-state index in [0.717, 1.165) is 12.4 Å². The molecule has 0 bridgehead atoms. The van der Waals surface area contributed by atoms with Crippen LogP contribution in [-0.2, 0) is 0 Å². The molecule has 0 unspecified atom stereocenters. The summed E-state index contributed by atoms with van der Waals surface area (Å²) in [6.45, 7) is 7.65.